The van der Waals surface area contributed by atoms with E-state index >= 15 is 0 Å². The highest BCUT2D eigenvalue weighted by atomic mass is 35.5. The molecule has 0 saturated carbocycles. The van der Waals surface area contributed by atoms with Crippen molar-refractivity contribution < 1.29 is 5.11 Å². The van der Waals surface area contributed by atoms with Crippen molar-refractivity contribution in [2.45, 2.75) is 25.5 Å². The molecule has 1 unspecified atom stereocenters. The van der Waals surface area contributed by atoms with E-state index in [1.54, 1.807) is 24.7 Å². The second-order valence-electron chi connectivity index (χ2n) is 4.58. The number of aliphatic hydroxyl groups excluding tert-OH is 1. The van der Waals surface area contributed by atoms with Crippen molar-refractivity contribution in [3.8, 4) is 0 Å². The molecule has 0 aliphatic rings. The SMILES string of the molecule is CC(C)(C(O)c1ccc(Cl)cc1)n1ccnc1. The first kappa shape index (κ1) is 12.1. The van der Waals surface area contributed by atoms with Crippen molar-refractivity contribution in [2.24, 2.45) is 0 Å². The highest BCUT2D eigenvalue weighted by molar-refractivity contribution is 6.30. The second-order valence-corrected chi connectivity index (χ2v) is 5.01. The molecule has 0 bridgehead atoms. The van der Waals surface area contributed by atoms with E-state index < -0.39 is 11.6 Å². The molecule has 1 atom stereocenters. The van der Waals surface area contributed by atoms with Crippen LogP contribution in [0.25, 0.3) is 0 Å². The molecule has 1 aromatic heterocycles. The van der Waals surface area contributed by atoms with E-state index in [0.29, 0.717) is 5.02 Å². The van der Waals surface area contributed by atoms with E-state index in [1.807, 2.05) is 36.7 Å². The molecule has 3 nitrogen and oxygen atoms in total. The first-order valence-corrected chi connectivity index (χ1v) is 5.81. The number of hydrogen-bond acceptors (Lipinski definition) is 2. The summed E-state index contributed by atoms with van der Waals surface area (Å²) < 4.78 is 1.90. The zero-order chi connectivity index (χ0) is 12.5. The Morgan fingerprint density at radius 1 is 1.29 bits per heavy atom. The second kappa shape index (κ2) is 4.51. The normalized spacial score (nSPS) is 13.6. The van der Waals surface area contributed by atoms with Gasteiger partial charge < -0.3 is 9.67 Å². The molecular formula is C13H15ClN2O. The number of benzene rings is 1. The smallest absolute Gasteiger partial charge is 0.102 e. The van der Waals surface area contributed by atoms with Crippen LogP contribution in [0.5, 0.6) is 0 Å². The molecule has 1 N–H and O–H groups in total. The number of rotatable bonds is 3. The van der Waals surface area contributed by atoms with E-state index in [1.165, 1.54) is 0 Å². The quantitative estimate of drug-likeness (QED) is 0.909. The highest BCUT2D eigenvalue weighted by Crippen LogP contribution is 2.32. The Bertz CT molecular complexity index is 477. The maximum absolute atomic E-state index is 10.4. The van der Waals surface area contributed by atoms with Gasteiger partial charge in [-0.3, -0.25) is 0 Å². The molecule has 1 aromatic carbocycles. The van der Waals surface area contributed by atoms with E-state index in [-0.39, 0.29) is 0 Å². The van der Waals surface area contributed by atoms with Crippen molar-refractivity contribution in [3.63, 3.8) is 0 Å². The van der Waals surface area contributed by atoms with E-state index in [0.717, 1.165) is 5.56 Å². The van der Waals surface area contributed by atoms with Gasteiger partial charge in [0, 0.05) is 17.4 Å². The van der Waals surface area contributed by atoms with Crippen molar-refractivity contribution >= 4 is 11.6 Å². The van der Waals surface area contributed by atoms with E-state index in [4.69, 9.17) is 11.6 Å². The fourth-order valence-electron chi connectivity index (χ4n) is 1.79. The number of halogens is 1. The Balaban J connectivity index is 2.31. The zero-order valence-electron chi connectivity index (χ0n) is 9.84. The molecule has 0 amide bonds. The minimum absolute atomic E-state index is 0.454. The fraction of sp³-hybridized carbons (Fsp3) is 0.308. The molecule has 0 radical (unpaired) electrons. The molecule has 90 valence electrons. The summed E-state index contributed by atoms with van der Waals surface area (Å²) >= 11 is 5.83. The number of aliphatic hydroxyl groups is 1. The highest BCUT2D eigenvalue weighted by Gasteiger charge is 2.30. The van der Waals surface area contributed by atoms with E-state index in [9.17, 15) is 5.11 Å². The number of aromatic nitrogens is 2. The lowest BCUT2D eigenvalue weighted by Crippen LogP contribution is -2.32. The van der Waals surface area contributed by atoms with Gasteiger partial charge in [-0.15, -0.1) is 0 Å². The number of imidazole rings is 1. The topological polar surface area (TPSA) is 38.0 Å². The standard InChI is InChI=1S/C13H15ClN2O/c1-13(2,16-8-7-15-9-16)12(17)10-3-5-11(14)6-4-10/h3-9,12,17H,1-2H3. The van der Waals surface area contributed by atoms with Gasteiger partial charge in [0.2, 0.25) is 0 Å². The Kier molecular flexibility index (Phi) is 3.22. The Morgan fingerprint density at radius 2 is 1.94 bits per heavy atom. The molecule has 1 heterocycles. The average Bonchev–Trinajstić information content (AvgIpc) is 2.83. The largest absolute Gasteiger partial charge is 0.386 e. The van der Waals surface area contributed by atoms with Gasteiger partial charge in [0.15, 0.2) is 0 Å². The van der Waals surface area contributed by atoms with Gasteiger partial charge in [-0.25, -0.2) is 4.98 Å². The summed E-state index contributed by atoms with van der Waals surface area (Å²) in [5.41, 5.74) is 0.387. The molecule has 2 rings (SSSR count). The van der Waals surface area contributed by atoms with Crippen molar-refractivity contribution in [1.82, 2.24) is 9.55 Å². The predicted octanol–water partition coefficient (Wildman–Crippen LogP) is 3.01. The Morgan fingerprint density at radius 3 is 2.47 bits per heavy atom. The Hall–Kier alpha value is -1.32. The molecule has 0 spiro atoms. The minimum atomic E-state index is -0.617. The van der Waals surface area contributed by atoms with Crippen molar-refractivity contribution in [1.29, 1.82) is 0 Å². The van der Waals surface area contributed by atoms with Gasteiger partial charge in [-0.2, -0.15) is 0 Å². The summed E-state index contributed by atoms with van der Waals surface area (Å²) in [4.78, 5) is 4.01. The molecule has 2 aromatic rings. The summed E-state index contributed by atoms with van der Waals surface area (Å²) in [5.74, 6) is 0. The van der Waals surface area contributed by atoms with Crippen LogP contribution >= 0.6 is 11.6 Å². The van der Waals surface area contributed by atoms with Crippen LogP contribution in [0.3, 0.4) is 0 Å². The molecular weight excluding hydrogens is 236 g/mol. The van der Waals surface area contributed by atoms with Crippen LogP contribution in [0.2, 0.25) is 5.02 Å². The summed E-state index contributed by atoms with van der Waals surface area (Å²) in [6.45, 7) is 3.93. The molecule has 0 aliphatic heterocycles. The van der Waals surface area contributed by atoms with Gasteiger partial charge in [0.25, 0.3) is 0 Å². The summed E-state index contributed by atoms with van der Waals surface area (Å²) in [6, 6.07) is 7.24. The van der Waals surface area contributed by atoms with Gasteiger partial charge in [0.1, 0.15) is 6.10 Å². The zero-order valence-corrected chi connectivity index (χ0v) is 10.6. The predicted molar refractivity (Wildman–Crippen MR) is 68.0 cm³/mol. The molecule has 4 heteroatoms. The van der Waals surface area contributed by atoms with Gasteiger partial charge in [0.05, 0.1) is 11.9 Å². The number of hydrogen-bond donors (Lipinski definition) is 1. The number of nitrogens with zero attached hydrogens (tertiary/aromatic N) is 2. The molecule has 0 fully saturated rings. The fourth-order valence-corrected chi connectivity index (χ4v) is 1.92. The van der Waals surface area contributed by atoms with Crippen LogP contribution in [0.1, 0.15) is 25.5 Å². The lowest BCUT2D eigenvalue weighted by Gasteiger charge is -2.32. The van der Waals surface area contributed by atoms with Gasteiger partial charge in [-0.05, 0) is 31.5 Å². The summed E-state index contributed by atoms with van der Waals surface area (Å²) in [6.07, 6.45) is 4.64. The first-order chi connectivity index (χ1) is 8.01. The van der Waals surface area contributed by atoms with Crippen LogP contribution in [-0.4, -0.2) is 14.7 Å². The molecule has 0 saturated heterocycles. The third-order valence-corrected chi connectivity index (χ3v) is 3.28. The molecule has 0 aliphatic carbocycles. The maximum atomic E-state index is 10.4. The minimum Gasteiger partial charge on any atom is -0.386 e. The lowest BCUT2D eigenvalue weighted by atomic mass is 9.91. The van der Waals surface area contributed by atoms with E-state index in [2.05, 4.69) is 4.98 Å². The van der Waals surface area contributed by atoms with Gasteiger partial charge >= 0.3 is 0 Å². The third kappa shape index (κ3) is 2.35. The summed E-state index contributed by atoms with van der Waals surface area (Å²) in [5, 5.41) is 11.1. The van der Waals surface area contributed by atoms with Gasteiger partial charge in [-0.1, -0.05) is 23.7 Å². The van der Waals surface area contributed by atoms with Crippen LogP contribution in [0.4, 0.5) is 0 Å². The van der Waals surface area contributed by atoms with Crippen LogP contribution in [0, 0.1) is 0 Å². The maximum Gasteiger partial charge on any atom is 0.102 e. The van der Waals surface area contributed by atoms with Crippen molar-refractivity contribution in [3.05, 3.63) is 53.6 Å². The van der Waals surface area contributed by atoms with Crippen molar-refractivity contribution in [2.75, 3.05) is 0 Å². The van der Waals surface area contributed by atoms with Crippen LogP contribution in [-0.2, 0) is 5.54 Å². The van der Waals surface area contributed by atoms with Crippen LogP contribution in [0.15, 0.2) is 43.0 Å². The Labute approximate surface area is 106 Å². The monoisotopic (exact) mass is 250 g/mol. The first-order valence-electron chi connectivity index (χ1n) is 5.44. The summed E-state index contributed by atoms with van der Waals surface area (Å²) in [7, 11) is 0. The average molecular weight is 251 g/mol. The van der Waals surface area contributed by atoms with Crippen LogP contribution < -0.4 is 0 Å². The lowest BCUT2D eigenvalue weighted by molar-refractivity contribution is 0.0566. The third-order valence-electron chi connectivity index (χ3n) is 3.02. The molecule has 17 heavy (non-hydrogen) atoms.